The summed E-state index contributed by atoms with van der Waals surface area (Å²) in [5.74, 6) is 0.600. The molecule has 0 atom stereocenters. The van der Waals surface area contributed by atoms with E-state index < -0.39 is 0 Å². The highest BCUT2D eigenvalue weighted by Gasteiger charge is 2.13. The lowest BCUT2D eigenvalue weighted by Gasteiger charge is -2.12. The molecule has 2 N–H and O–H groups in total. The van der Waals surface area contributed by atoms with Crippen LogP contribution in [0.1, 0.15) is 17.3 Å². The molecule has 1 heterocycles. The second-order valence-electron chi connectivity index (χ2n) is 5.80. The predicted molar refractivity (Wildman–Crippen MR) is 104 cm³/mol. The first-order chi connectivity index (χ1) is 13.0. The number of anilines is 2. The number of fused-ring (bicyclic) bond motifs is 1. The van der Waals surface area contributed by atoms with Crippen molar-refractivity contribution in [3.8, 4) is 11.5 Å². The van der Waals surface area contributed by atoms with E-state index in [1.807, 2.05) is 0 Å². The van der Waals surface area contributed by atoms with E-state index in [0.717, 1.165) is 5.39 Å². The molecular formula is C20H19N3O4. The average molecular weight is 365 g/mol. The molecule has 7 heteroatoms. The van der Waals surface area contributed by atoms with E-state index in [1.54, 1.807) is 62.9 Å². The van der Waals surface area contributed by atoms with Crippen molar-refractivity contribution in [3.63, 3.8) is 0 Å². The van der Waals surface area contributed by atoms with Gasteiger partial charge in [0.05, 0.1) is 25.4 Å². The normalized spacial score (nSPS) is 10.3. The Labute approximate surface area is 156 Å². The van der Waals surface area contributed by atoms with Gasteiger partial charge >= 0.3 is 0 Å². The van der Waals surface area contributed by atoms with Crippen molar-refractivity contribution in [2.45, 2.75) is 6.92 Å². The third-order valence-corrected chi connectivity index (χ3v) is 3.94. The number of aromatic nitrogens is 1. The van der Waals surface area contributed by atoms with E-state index in [-0.39, 0.29) is 11.8 Å². The summed E-state index contributed by atoms with van der Waals surface area (Å²) in [6.07, 6.45) is 1.61. The van der Waals surface area contributed by atoms with Gasteiger partial charge in [0, 0.05) is 35.8 Å². The second-order valence-corrected chi connectivity index (χ2v) is 5.80. The van der Waals surface area contributed by atoms with Crippen LogP contribution in [0.3, 0.4) is 0 Å². The maximum atomic E-state index is 12.7. The van der Waals surface area contributed by atoms with Gasteiger partial charge in [0.25, 0.3) is 5.91 Å². The maximum Gasteiger partial charge on any atom is 0.255 e. The molecule has 7 nitrogen and oxygen atoms in total. The number of carbonyl (C=O) groups excluding carboxylic acids is 2. The Hall–Kier alpha value is -3.61. The first kappa shape index (κ1) is 18.2. The van der Waals surface area contributed by atoms with Crippen molar-refractivity contribution >= 4 is 34.1 Å². The van der Waals surface area contributed by atoms with Gasteiger partial charge in [-0.2, -0.15) is 0 Å². The van der Waals surface area contributed by atoms with E-state index in [2.05, 4.69) is 15.6 Å². The van der Waals surface area contributed by atoms with Crippen LogP contribution < -0.4 is 20.1 Å². The summed E-state index contributed by atoms with van der Waals surface area (Å²) in [7, 11) is 3.10. The van der Waals surface area contributed by atoms with Crippen molar-refractivity contribution in [1.82, 2.24) is 4.98 Å². The molecule has 0 aliphatic heterocycles. The molecule has 1 aromatic heterocycles. The Balaban J connectivity index is 1.94. The summed E-state index contributed by atoms with van der Waals surface area (Å²) in [4.78, 5) is 28.2. The van der Waals surface area contributed by atoms with Crippen molar-refractivity contribution in [3.05, 3.63) is 54.2 Å². The van der Waals surface area contributed by atoms with Gasteiger partial charge in [0.1, 0.15) is 0 Å². The molecule has 0 aliphatic carbocycles. The van der Waals surface area contributed by atoms with E-state index in [9.17, 15) is 9.59 Å². The van der Waals surface area contributed by atoms with Crippen LogP contribution in [0.4, 0.5) is 11.4 Å². The highest BCUT2D eigenvalue weighted by Crippen LogP contribution is 2.34. The van der Waals surface area contributed by atoms with Crippen LogP contribution in [0.25, 0.3) is 10.9 Å². The lowest BCUT2D eigenvalue weighted by molar-refractivity contribution is -0.114. The van der Waals surface area contributed by atoms with Gasteiger partial charge in [0.2, 0.25) is 5.91 Å². The number of benzene rings is 2. The monoisotopic (exact) mass is 365 g/mol. The van der Waals surface area contributed by atoms with Crippen LogP contribution in [0.2, 0.25) is 0 Å². The summed E-state index contributed by atoms with van der Waals surface area (Å²) in [6, 6.07) is 11.9. The molecule has 3 rings (SSSR count). The fourth-order valence-electron chi connectivity index (χ4n) is 2.72. The van der Waals surface area contributed by atoms with Crippen LogP contribution in [0.15, 0.2) is 48.7 Å². The first-order valence-corrected chi connectivity index (χ1v) is 8.21. The molecule has 27 heavy (non-hydrogen) atoms. The van der Waals surface area contributed by atoms with Crippen LogP contribution in [-0.4, -0.2) is 31.0 Å². The smallest absolute Gasteiger partial charge is 0.255 e. The van der Waals surface area contributed by atoms with Gasteiger partial charge in [-0.3, -0.25) is 14.6 Å². The maximum absolute atomic E-state index is 12.7. The van der Waals surface area contributed by atoms with Gasteiger partial charge in [-0.05, 0) is 30.3 Å². The topological polar surface area (TPSA) is 89.5 Å². The number of carbonyl (C=O) groups is 2. The molecule has 138 valence electrons. The molecule has 0 saturated carbocycles. The Morgan fingerprint density at radius 2 is 1.70 bits per heavy atom. The standard InChI is InChI=1S/C20H19N3O4/c1-12(24)22-14-6-4-5-13(9-14)20(25)23-16-7-8-21-17-11-19(27-3)18(26-2)10-15(16)17/h4-11H,1-3H3,(H,22,24)(H,21,23,25). The lowest BCUT2D eigenvalue weighted by Crippen LogP contribution is -2.13. The van der Waals surface area contributed by atoms with E-state index in [0.29, 0.717) is 34.0 Å². The molecule has 2 amide bonds. The molecule has 0 bridgehead atoms. The quantitative estimate of drug-likeness (QED) is 0.723. The summed E-state index contributed by atoms with van der Waals surface area (Å²) in [6.45, 7) is 1.41. The van der Waals surface area contributed by atoms with Gasteiger partial charge in [-0.1, -0.05) is 6.07 Å². The molecule has 0 spiro atoms. The minimum atomic E-state index is -0.301. The van der Waals surface area contributed by atoms with Crippen molar-refractivity contribution in [1.29, 1.82) is 0 Å². The Kier molecular flexibility index (Phi) is 5.21. The van der Waals surface area contributed by atoms with E-state index in [1.165, 1.54) is 6.92 Å². The molecule has 0 aliphatic rings. The summed E-state index contributed by atoms with van der Waals surface area (Å²) >= 11 is 0. The molecule has 0 radical (unpaired) electrons. The lowest BCUT2D eigenvalue weighted by atomic mass is 10.1. The first-order valence-electron chi connectivity index (χ1n) is 8.21. The number of hydrogen-bond donors (Lipinski definition) is 2. The fraction of sp³-hybridized carbons (Fsp3) is 0.150. The Morgan fingerprint density at radius 1 is 0.963 bits per heavy atom. The van der Waals surface area contributed by atoms with Crippen LogP contribution in [0, 0.1) is 0 Å². The molecule has 3 aromatic rings. The number of methoxy groups -OCH3 is 2. The van der Waals surface area contributed by atoms with Crippen molar-refractivity contribution in [2.24, 2.45) is 0 Å². The number of nitrogens with one attached hydrogen (secondary N) is 2. The number of hydrogen-bond acceptors (Lipinski definition) is 5. The minimum Gasteiger partial charge on any atom is -0.493 e. The number of nitrogens with zero attached hydrogens (tertiary/aromatic N) is 1. The number of ether oxygens (including phenoxy) is 2. The molecule has 0 fully saturated rings. The summed E-state index contributed by atoms with van der Waals surface area (Å²) < 4.78 is 10.6. The zero-order valence-corrected chi connectivity index (χ0v) is 15.2. The highest BCUT2D eigenvalue weighted by atomic mass is 16.5. The van der Waals surface area contributed by atoms with Gasteiger partial charge < -0.3 is 20.1 Å². The number of rotatable bonds is 5. The number of amides is 2. The minimum absolute atomic E-state index is 0.200. The predicted octanol–water partition coefficient (Wildman–Crippen LogP) is 3.46. The largest absolute Gasteiger partial charge is 0.493 e. The van der Waals surface area contributed by atoms with Crippen LogP contribution >= 0.6 is 0 Å². The Bertz CT molecular complexity index is 1020. The molecule has 0 saturated heterocycles. The van der Waals surface area contributed by atoms with Gasteiger partial charge in [-0.15, -0.1) is 0 Å². The number of pyridine rings is 1. The molecule has 0 unspecified atom stereocenters. The van der Waals surface area contributed by atoms with E-state index in [4.69, 9.17) is 9.47 Å². The zero-order chi connectivity index (χ0) is 19.4. The van der Waals surface area contributed by atoms with E-state index >= 15 is 0 Å². The summed E-state index contributed by atoms with van der Waals surface area (Å²) in [5, 5.41) is 6.27. The SMILES string of the molecule is COc1cc2nccc(NC(=O)c3cccc(NC(C)=O)c3)c2cc1OC. The van der Waals surface area contributed by atoms with Crippen LogP contribution in [0.5, 0.6) is 11.5 Å². The van der Waals surface area contributed by atoms with Gasteiger partial charge in [-0.25, -0.2) is 0 Å². The third kappa shape index (κ3) is 3.98. The summed E-state index contributed by atoms with van der Waals surface area (Å²) in [5.41, 5.74) is 2.24. The van der Waals surface area contributed by atoms with Gasteiger partial charge in [0.15, 0.2) is 11.5 Å². The molecule has 2 aromatic carbocycles. The average Bonchev–Trinajstić information content (AvgIpc) is 2.66. The third-order valence-electron chi connectivity index (χ3n) is 3.94. The van der Waals surface area contributed by atoms with Crippen LogP contribution in [-0.2, 0) is 4.79 Å². The second kappa shape index (κ2) is 7.74. The fourth-order valence-corrected chi connectivity index (χ4v) is 2.72. The zero-order valence-electron chi connectivity index (χ0n) is 15.2. The Morgan fingerprint density at radius 3 is 2.41 bits per heavy atom. The molecular weight excluding hydrogens is 346 g/mol. The van der Waals surface area contributed by atoms with Crippen molar-refractivity contribution in [2.75, 3.05) is 24.9 Å². The highest BCUT2D eigenvalue weighted by molar-refractivity contribution is 6.09. The van der Waals surface area contributed by atoms with Crippen molar-refractivity contribution < 1.29 is 19.1 Å².